The van der Waals surface area contributed by atoms with E-state index in [1.54, 1.807) is 0 Å². The van der Waals surface area contributed by atoms with Crippen LogP contribution in [0.3, 0.4) is 0 Å². The predicted molar refractivity (Wildman–Crippen MR) is 107 cm³/mol. The van der Waals surface area contributed by atoms with Crippen molar-refractivity contribution in [2.75, 3.05) is 18.0 Å². The van der Waals surface area contributed by atoms with Crippen LogP contribution in [-0.2, 0) is 11.2 Å². The summed E-state index contributed by atoms with van der Waals surface area (Å²) in [7, 11) is 0. The molecular weight excluding hydrogens is 352 g/mol. The lowest BCUT2D eigenvalue weighted by molar-refractivity contribution is -0.122. The summed E-state index contributed by atoms with van der Waals surface area (Å²) < 4.78 is 0. The molecule has 1 atom stereocenters. The van der Waals surface area contributed by atoms with E-state index in [1.807, 2.05) is 19.1 Å². The summed E-state index contributed by atoms with van der Waals surface area (Å²) in [5, 5.41) is 0. The Bertz CT molecular complexity index is 932. The summed E-state index contributed by atoms with van der Waals surface area (Å²) in [6, 6.07) is 8.26. The fraction of sp³-hybridized carbons (Fsp3) is 0.455. The Kier molecular flexibility index (Phi) is 4.87. The molecule has 1 aromatic carbocycles. The first-order valence-electron chi connectivity index (χ1n) is 9.94. The number of aryl methyl sites for hydroxylation is 2. The highest BCUT2D eigenvalue weighted by Crippen LogP contribution is 2.35. The maximum absolute atomic E-state index is 12.9. The lowest BCUT2D eigenvalue weighted by Gasteiger charge is -2.32. The topological polar surface area (TPSA) is 89.2 Å². The number of benzene rings is 1. The SMILES string of the molecule is Cc1ccccc1[C@@H]1CC(=O)c2c(C)nc(N3CCC(C(N)=O)CC3)nc2C1. The average Bonchev–Trinajstić information content (AvgIpc) is 2.67. The van der Waals surface area contributed by atoms with Gasteiger partial charge in [-0.1, -0.05) is 24.3 Å². The minimum absolute atomic E-state index is 0.0676. The van der Waals surface area contributed by atoms with Gasteiger partial charge < -0.3 is 10.6 Å². The van der Waals surface area contributed by atoms with Crippen molar-refractivity contribution in [3.8, 4) is 0 Å². The second kappa shape index (κ2) is 7.34. The quantitative estimate of drug-likeness (QED) is 0.887. The molecule has 0 saturated carbocycles. The number of hydrogen-bond acceptors (Lipinski definition) is 5. The van der Waals surface area contributed by atoms with Gasteiger partial charge in [0.1, 0.15) is 0 Å². The Morgan fingerprint density at radius 2 is 1.82 bits per heavy atom. The van der Waals surface area contributed by atoms with Gasteiger partial charge in [0.25, 0.3) is 0 Å². The van der Waals surface area contributed by atoms with Crippen LogP contribution in [0.5, 0.6) is 0 Å². The molecule has 146 valence electrons. The minimum Gasteiger partial charge on any atom is -0.369 e. The van der Waals surface area contributed by atoms with Crippen LogP contribution >= 0.6 is 0 Å². The molecule has 2 N–H and O–H groups in total. The van der Waals surface area contributed by atoms with Crippen LogP contribution in [0.1, 0.15) is 58.1 Å². The standard InChI is InChI=1S/C22H26N4O2/c1-13-5-3-4-6-17(13)16-11-18-20(19(27)12-16)14(2)24-22(25-18)26-9-7-15(8-10-26)21(23)28/h3-6,15-16H,7-12H2,1-2H3,(H2,23,28)/t16-/m0/s1. The van der Waals surface area contributed by atoms with Crippen LogP contribution in [0.15, 0.2) is 24.3 Å². The number of amides is 1. The van der Waals surface area contributed by atoms with Gasteiger partial charge in [-0.2, -0.15) is 0 Å². The van der Waals surface area contributed by atoms with Gasteiger partial charge in [0, 0.05) is 25.4 Å². The first-order valence-corrected chi connectivity index (χ1v) is 9.94. The number of piperidine rings is 1. The largest absolute Gasteiger partial charge is 0.369 e. The predicted octanol–water partition coefficient (Wildman–Crippen LogP) is 2.71. The zero-order valence-corrected chi connectivity index (χ0v) is 16.4. The maximum Gasteiger partial charge on any atom is 0.225 e. The Morgan fingerprint density at radius 3 is 2.50 bits per heavy atom. The summed E-state index contributed by atoms with van der Waals surface area (Å²) in [5.74, 6) is 0.656. The van der Waals surface area contributed by atoms with Gasteiger partial charge in [-0.15, -0.1) is 0 Å². The third kappa shape index (κ3) is 3.39. The van der Waals surface area contributed by atoms with E-state index in [2.05, 4.69) is 28.9 Å². The van der Waals surface area contributed by atoms with Gasteiger partial charge in [0.2, 0.25) is 11.9 Å². The zero-order chi connectivity index (χ0) is 19.8. The molecular formula is C22H26N4O2. The molecule has 2 heterocycles. The normalized spacial score (nSPS) is 20.1. The molecule has 0 radical (unpaired) electrons. The van der Waals surface area contributed by atoms with Gasteiger partial charge in [-0.3, -0.25) is 9.59 Å². The second-order valence-corrected chi connectivity index (χ2v) is 7.98. The van der Waals surface area contributed by atoms with Crippen LogP contribution in [-0.4, -0.2) is 34.7 Å². The number of nitrogens with two attached hydrogens (primary N) is 1. The molecule has 1 amide bonds. The van der Waals surface area contributed by atoms with Gasteiger partial charge >= 0.3 is 0 Å². The Hall–Kier alpha value is -2.76. The smallest absolute Gasteiger partial charge is 0.225 e. The maximum atomic E-state index is 12.9. The van der Waals surface area contributed by atoms with Crippen LogP contribution in [0, 0.1) is 19.8 Å². The van der Waals surface area contributed by atoms with Crippen molar-refractivity contribution in [1.82, 2.24) is 9.97 Å². The summed E-state index contributed by atoms with van der Waals surface area (Å²) in [6.07, 6.45) is 2.70. The van der Waals surface area contributed by atoms with Crippen molar-refractivity contribution in [1.29, 1.82) is 0 Å². The van der Waals surface area contributed by atoms with Gasteiger partial charge in [-0.05, 0) is 50.2 Å². The number of hydrogen-bond donors (Lipinski definition) is 1. The molecule has 1 saturated heterocycles. The van der Waals surface area contributed by atoms with Crippen molar-refractivity contribution in [3.05, 3.63) is 52.3 Å². The monoisotopic (exact) mass is 378 g/mol. The molecule has 6 nitrogen and oxygen atoms in total. The summed E-state index contributed by atoms with van der Waals surface area (Å²) >= 11 is 0. The Morgan fingerprint density at radius 1 is 1.11 bits per heavy atom. The molecule has 0 unspecified atom stereocenters. The molecule has 2 aliphatic rings. The van der Waals surface area contributed by atoms with E-state index in [1.165, 1.54) is 11.1 Å². The highest BCUT2D eigenvalue weighted by molar-refractivity contribution is 5.99. The third-order valence-corrected chi connectivity index (χ3v) is 6.11. The van der Waals surface area contributed by atoms with Crippen molar-refractivity contribution in [3.63, 3.8) is 0 Å². The number of nitrogens with zero attached hydrogens (tertiary/aromatic N) is 3. The van der Waals surface area contributed by atoms with Crippen LogP contribution in [0.2, 0.25) is 0 Å². The summed E-state index contributed by atoms with van der Waals surface area (Å²) in [4.78, 5) is 35.8. The number of carbonyl (C=O) groups excluding carboxylic acids is 2. The van der Waals surface area contributed by atoms with E-state index in [4.69, 9.17) is 10.7 Å². The summed E-state index contributed by atoms with van der Waals surface area (Å²) in [6.45, 7) is 5.41. The van der Waals surface area contributed by atoms with Crippen LogP contribution in [0.4, 0.5) is 5.95 Å². The van der Waals surface area contributed by atoms with E-state index in [9.17, 15) is 9.59 Å². The number of anilines is 1. The molecule has 4 rings (SSSR count). The third-order valence-electron chi connectivity index (χ3n) is 6.11. The molecule has 1 aliphatic carbocycles. The molecule has 0 bridgehead atoms. The molecule has 28 heavy (non-hydrogen) atoms. The molecule has 1 aliphatic heterocycles. The molecule has 2 aromatic rings. The lowest BCUT2D eigenvalue weighted by atomic mass is 9.80. The van der Waals surface area contributed by atoms with E-state index in [-0.39, 0.29) is 23.5 Å². The van der Waals surface area contributed by atoms with Crippen LogP contribution < -0.4 is 10.6 Å². The van der Waals surface area contributed by atoms with Crippen molar-refractivity contribution < 1.29 is 9.59 Å². The number of rotatable bonds is 3. The van der Waals surface area contributed by atoms with Gasteiger partial charge in [-0.25, -0.2) is 9.97 Å². The Labute approximate surface area is 165 Å². The van der Waals surface area contributed by atoms with E-state index >= 15 is 0 Å². The number of ketones is 1. The van der Waals surface area contributed by atoms with Gasteiger partial charge in [0.05, 0.1) is 17.0 Å². The van der Waals surface area contributed by atoms with Crippen LogP contribution in [0.25, 0.3) is 0 Å². The second-order valence-electron chi connectivity index (χ2n) is 7.98. The van der Waals surface area contributed by atoms with E-state index < -0.39 is 0 Å². The number of aromatic nitrogens is 2. The minimum atomic E-state index is -0.228. The number of carbonyl (C=O) groups is 2. The Balaban J connectivity index is 1.62. The number of fused-ring (bicyclic) bond motifs is 1. The van der Waals surface area contributed by atoms with Crippen molar-refractivity contribution >= 4 is 17.6 Å². The highest BCUT2D eigenvalue weighted by Gasteiger charge is 2.32. The first-order chi connectivity index (χ1) is 13.4. The zero-order valence-electron chi connectivity index (χ0n) is 16.4. The molecule has 1 fully saturated rings. The fourth-order valence-corrected chi connectivity index (χ4v) is 4.53. The molecule has 0 spiro atoms. The average molecular weight is 378 g/mol. The lowest BCUT2D eigenvalue weighted by Crippen LogP contribution is -2.39. The van der Waals surface area contributed by atoms with E-state index in [0.717, 1.165) is 30.7 Å². The molecule has 1 aromatic heterocycles. The summed E-state index contributed by atoms with van der Waals surface area (Å²) in [5.41, 5.74) is 10.2. The van der Waals surface area contributed by atoms with Crippen molar-refractivity contribution in [2.24, 2.45) is 11.7 Å². The first kappa shape index (κ1) is 18.6. The molecule has 6 heteroatoms. The fourth-order valence-electron chi connectivity index (χ4n) is 4.53. The number of Topliss-reactive ketones (excluding diaryl/α,β-unsaturated/α-hetero) is 1. The highest BCUT2D eigenvalue weighted by atomic mass is 16.1. The van der Waals surface area contributed by atoms with Crippen molar-refractivity contribution in [2.45, 2.75) is 45.4 Å². The number of primary amides is 1. The van der Waals surface area contributed by atoms with E-state index in [0.29, 0.717) is 31.0 Å². The van der Waals surface area contributed by atoms with Gasteiger partial charge in [0.15, 0.2) is 5.78 Å².